The van der Waals surface area contributed by atoms with Crippen LogP contribution in [0.4, 0.5) is 0 Å². The Kier molecular flexibility index (Phi) is 8.14. The second kappa shape index (κ2) is 10.1. The van der Waals surface area contributed by atoms with Crippen molar-refractivity contribution in [3.05, 3.63) is 0 Å². The molecular weight excluding hydrogens is 430 g/mol. The van der Waals surface area contributed by atoms with Crippen molar-refractivity contribution >= 4 is 5.91 Å². The number of likely N-dealkylation sites (tertiary alicyclic amines) is 1. The summed E-state index contributed by atoms with van der Waals surface area (Å²) >= 11 is 0. The maximum absolute atomic E-state index is 12.4. The minimum absolute atomic E-state index is 0.124. The number of carbonyl (C=O) groups is 1. The van der Waals surface area contributed by atoms with Crippen LogP contribution in [0.5, 0.6) is 0 Å². The summed E-state index contributed by atoms with van der Waals surface area (Å²) in [6, 6.07) is 0. The number of nitrogens with zero attached hydrogens (tertiary/aromatic N) is 1. The standard InChI is InChI=1S/C20H35NO11/c1-9(2)3-10-4-13(24)21(5-10)8-20(29)18(28)17(12(7-23)32-20)31-19-16(27)15(26)14(25)11(6-22)30-19/h9-12,14-19,22-23,25-29H,3-8H2,1-2H3/t10?,11?,12?,14?,15?,16?,17?,18?,19?,20-/m0/s1. The van der Waals surface area contributed by atoms with Crippen LogP contribution >= 0.6 is 0 Å². The summed E-state index contributed by atoms with van der Waals surface area (Å²) in [6.07, 6.45) is -11.0. The van der Waals surface area contributed by atoms with Gasteiger partial charge in [-0.05, 0) is 18.3 Å². The van der Waals surface area contributed by atoms with E-state index in [1.54, 1.807) is 0 Å². The predicted octanol–water partition coefficient (Wildman–Crippen LogP) is -3.49. The molecule has 12 heteroatoms. The van der Waals surface area contributed by atoms with Gasteiger partial charge in [0.05, 0.1) is 19.8 Å². The lowest BCUT2D eigenvalue weighted by Gasteiger charge is -2.41. The first-order valence-corrected chi connectivity index (χ1v) is 10.9. The third-order valence-corrected chi connectivity index (χ3v) is 6.33. The molecule has 3 rings (SSSR count). The molecule has 0 bridgehead atoms. The van der Waals surface area contributed by atoms with E-state index >= 15 is 0 Å². The number of β-amino-alcohol motifs (C(OH)–C–C–N with tert-alkyl or cyclic N) is 1. The Labute approximate surface area is 185 Å². The molecule has 0 aromatic rings. The highest BCUT2D eigenvalue weighted by Crippen LogP contribution is 2.36. The van der Waals surface area contributed by atoms with Crippen LogP contribution in [0.3, 0.4) is 0 Å². The Morgan fingerprint density at radius 2 is 1.75 bits per heavy atom. The average molecular weight is 465 g/mol. The molecular formula is C20H35NO11. The van der Waals surface area contributed by atoms with E-state index < -0.39 is 68.0 Å². The number of aliphatic hydroxyl groups excluding tert-OH is 6. The molecule has 12 nitrogen and oxygen atoms in total. The SMILES string of the molecule is CC(C)CC1CC(=O)N(C[C@]2(O)OC(CO)C(OC3OC(CO)C(O)C(O)C3O)C2O)C1. The van der Waals surface area contributed by atoms with Gasteiger partial charge in [0.2, 0.25) is 11.7 Å². The van der Waals surface area contributed by atoms with Crippen molar-refractivity contribution < 1.29 is 54.8 Å². The van der Waals surface area contributed by atoms with Crippen molar-refractivity contribution in [1.29, 1.82) is 0 Å². The summed E-state index contributed by atoms with van der Waals surface area (Å²) in [7, 11) is 0. The first-order chi connectivity index (χ1) is 15.0. The molecule has 186 valence electrons. The minimum Gasteiger partial charge on any atom is -0.394 e. The third-order valence-electron chi connectivity index (χ3n) is 6.33. The molecule has 1 amide bonds. The van der Waals surface area contributed by atoms with E-state index in [9.17, 15) is 40.5 Å². The van der Waals surface area contributed by atoms with Gasteiger partial charge in [0.1, 0.15) is 42.7 Å². The number of hydrogen-bond donors (Lipinski definition) is 7. The normalized spacial score (nSPS) is 45.2. The Hall–Kier alpha value is -0.930. The van der Waals surface area contributed by atoms with Crippen LogP contribution < -0.4 is 0 Å². The van der Waals surface area contributed by atoms with Gasteiger partial charge in [-0.2, -0.15) is 0 Å². The fraction of sp³-hybridized carbons (Fsp3) is 0.950. The number of carbonyl (C=O) groups excluding carboxylic acids is 1. The zero-order valence-corrected chi connectivity index (χ0v) is 18.2. The maximum atomic E-state index is 12.4. The van der Waals surface area contributed by atoms with Gasteiger partial charge < -0.3 is 54.9 Å². The summed E-state index contributed by atoms with van der Waals surface area (Å²) in [5.41, 5.74) is 0. The molecule has 32 heavy (non-hydrogen) atoms. The van der Waals surface area contributed by atoms with Crippen LogP contribution in [0.15, 0.2) is 0 Å². The van der Waals surface area contributed by atoms with Crippen molar-refractivity contribution in [2.45, 2.75) is 81.5 Å². The van der Waals surface area contributed by atoms with E-state index in [0.29, 0.717) is 18.9 Å². The number of hydrogen-bond acceptors (Lipinski definition) is 11. The minimum atomic E-state index is -2.24. The Bertz CT molecular complexity index is 649. The molecule has 3 aliphatic heterocycles. The zero-order valence-electron chi connectivity index (χ0n) is 18.2. The topological polar surface area (TPSA) is 190 Å². The molecule has 3 saturated heterocycles. The molecule has 0 spiro atoms. The second-order valence-corrected chi connectivity index (χ2v) is 9.40. The Morgan fingerprint density at radius 3 is 2.34 bits per heavy atom. The lowest BCUT2D eigenvalue weighted by Crippen LogP contribution is -2.61. The first-order valence-electron chi connectivity index (χ1n) is 10.9. The van der Waals surface area contributed by atoms with Gasteiger partial charge >= 0.3 is 0 Å². The second-order valence-electron chi connectivity index (χ2n) is 9.40. The molecule has 0 aromatic carbocycles. The van der Waals surface area contributed by atoms with Crippen molar-refractivity contribution in [2.24, 2.45) is 11.8 Å². The van der Waals surface area contributed by atoms with Crippen LogP contribution in [0, 0.1) is 11.8 Å². The summed E-state index contributed by atoms with van der Waals surface area (Å²) in [5.74, 6) is -1.90. The van der Waals surface area contributed by atoms with E-state index in [1.165, 1.54) is 4.90 Å². The fourth-order valence-electron chi connectivity index (χ4n) is 4.73. The molecule has 0 aliphatic carbocycles. The predicted molar refractivity (Wildman–Crippen MR) is 106 cm³/mol. The van der Waals surface area contributed by atoms with E-state index in [0.717, 1.165) is 6.42 Å². The molecule has 0 radical (unpaired) electrons. The van der Waals surface area contributed by atoms with Gasteiger partial charge in [0.15, 0.2) is 6.29 Å². The van der Waals surface area contributed by atoms with Crippen LogP contribution in [0.1, 0.15) is 26.7 Å². The molecule has 9 unspecified atom stereocenters. The van der Waals surface area contributed by atoms with Crippen LogP contribution in [0.25, 0.3) is 0 Å². The van der Waals surface area contributed by atoms with Crippen molar-refractivity contribution in [2.75, 3.05) is 26.3 Å². The Morgan fingerprint density at radius 1 is 1.09 bits per heavy atom. The lowest BCUT2D eigenvalue weighted by atomic mass is 9.96. The molecule has 3 fully saturated rings. The highest BCUT2D eigenvalue weighted by Gasteiger charge is 2.58. The van der Waals surface area contributed by atoms with Crippen molar-refractivity contribution in [1.82, 2.24) is 4.90 Å². The highest BCUT2D eigenvalue weighted by molar-refractivity contribution is 5.78. The van der Waals surface area contributed by atoms with Gasteiger partial charge in [0, 0.05) is 13.0 Å². The quantitative estimate of drug-likeness (QED) is 0.188. The molecule has 7 N–H and O–H groups in total. The van der Waals surface area contributed by atoms with Crippen molar-refractivity contribution in [3.8, 4) is 0 Å². The van der Waals surface area contributed by atoms with E-state index in [4.69, 9.17) is 14.2 Å². The number of amides is 1. The van der Waals surface area contributed by atoms with E-state index in [-0.39, 0.29) is 18.4 Å². The number of ether oxygens (including phenoxy) is 3. The molecule has 0 saturated carbocycles. The molecule has 3 heterocycles. The summed E-state index contributed by atoms with van der Waals surface area (Å²) in [6.45, 7) is 2.83. The van der Waals surface area contributed by atoms with Gasteiger partial charge in [0.25, 0.3) is 0 Å². The maximum Gasteiger partial charge on any atom is 0.223 e. The van der Waals surface area contributed by atoms with E-state index in [2.05, 4.69) is 13.8 Å². The smallest absolute Gasteiger partial charge is 0.223 e. The largest absolute Gasteiger partial charge is 0.394 e. The fourth-order valence-corrected chi connectivity index (χ4v) is 4.73. The van der Waals surface area contributed by atoms with Crippen LogP contribution in [-0.2, 0) is 19.0 Å². The molecule has 10 atom stereocenters. The van der Waals surface area contributed by atoms with E-state index in [1.807, 2.05) is 0 Å². The van der Waals surface area contributed by atoms with Gasteiger partial charge in [-0.3, -0.25) is 4.79 Å². The first kappa shape index (κ1) is 25.7. The van der Waals surface area contributed by atoms with Crippen molar-refractivity contribution in [3.63, 3.8) is 0 Å². The van der Waals surface area contributed by atoms with Gasteiger partial charge in [-0.25, -0.2) is 0 Å². The third kappa shape index (κ3) is 5.09. The number of aliphatic hydroxyl groups is 7. The highest BCUT2D eigenvalue weighted by atomic mass is 16.7. The Balaban J connectivity index is 1.69. The summed E-state index contributed by atoms with van der Waals surface area (Å²) in [5, 5.41) is 70.8. The number of rotatable bonds is 8. The summed E-state index contributed by atoms with van der Waals surface area (Å²) < 4.78 is 16.3. The van der Waals surface area contributed by atoms with Gasteiger partial charge in [-0.1, -0.05) is 13.8 Å². The van der Waals surface area contributed by atoms with Crippen LogP contribution in [-0.4, -0.2) is 128 Å². The molecule has 0 aromatic heterocycles. The van der Waals surface area contributed by atoms with Gasteiger partial charge in [-0.15, -0.1) is 0 Å². The average Bonchev–Trinajstić information content (AvgIpc) is 3.18. The monoisotopic (exact) mass is 465 g/mol. The van der Waals surface area contributed by atoms with Crippen LogP contribution in [0.2, 0.25) is 0 Å². The lowest BCUT2D eigenvalue weighted by molar-refractivity contribution is -0.318. The molecule has 3 aliphatic rings. The zero-order chi connectivity index (χ0) is 23.8. The summed E-state index contributed by atoms with van der Waals surface area (Å²) in [4.78, 5) is 13.8.